The molecule has 0 aromatic heterocycles. The zero-order valence-electron chi connectivity index (χ0n) is 4.68. The van der Waals surface area contributed by atoms with Gasteiger partial charge in [0.1, 0.15) is 0 Å². The molecular weight excluding hydrogens is 132 g/mol. The summed E-state index contributed by atoms with van der Waals surface area (Å²) < 4.78 is 11.9. The number of rotatable bonds is 1. The molecule has 0 aliphatic rings. The van der Waals surface area contributed by atoms with Crippen LogP contribution in [0.3, 0.4) is 0 Å². The van der Waals surface area contributed by atoms with Gasteiger partial charge in [-0.3, -0.25) is 0 Å². The van der Waals surface area contributed by atoms with Crippen LogP contribution < -0.4 is 0 Å². The first kappa shape index (κ1) is 7.48. The Hall–Kier alpha value is 0.480. The molecule has 0 aromatic carbocycles. The van der Waals surface area contributed by atoms with Gasteiger partial charge in [0.25, 0.3) is 0 Å². The van der Waals surface area contributed by atoms with Gasteiger partial charge in [0, 0.05) is 20.4 Å². The van der Waals surface area contributed by atoms with Crippen LogP contribution in [0.1, 0.15) is 0 Å². The van der Waals surface area contributed by atoms with Crippen molar-refractivity contribution in [2.75, 3.05) is 20.4 Å². The van der Waals surface area contributed by atoms with Crippen LogP contribution in [-0.2, 0) is 4.57 Å². The van der Waals surface area contributed by atoms with Gasteiger partial charge in [0.2, 0.25) is 0 Å². The molecule has 4 heteroatoms. The van der Waals surface area contributed by atoms with Crippen LogP contribution in [0.4, 0.5) is 0 Å². The van der Waals surface area contributed by atoms with Gasteiger partial charge in [0.05, 0.1) is 0 Å². The Balaban J connectivity index is 3.80. The smallest absolute Gasteiger partial charge is 0.157 e. The van der Waals surface area contributed by atoms with E-state index in [-0.39, 0.29) is 0 Å². The number of hydrogen-bond donors (Lipinski definition) is 0. The Morgan fingerprint density at radius 3 is 1.71 bits per heavy atom. The van der Waals surface area contributed by atoms with Crippen molar-refractivity contribution in [2.45, 2.75) is 0 Å². The van der Waals surface area contributed by atoms with Gasteiger partial charge in [-0.15, -0.1) is 0 Å². The Kier molecular flexibility index (Phi) is 2.31. The van der Waals surface area contributed by atoms with Crippen LogP contribution in [0.15, 0.2) is 0 Å². The monoisotopic (exact) mass is 141 g/mol. The normalized spacial score (nSPS) is 12.7. The lowest BCUT2D eigenvalue weighted by atomic mass is 11.6. The Bertz CT molecular complexity index is 97.1. The van der Waals surface area contributed by atoms with E-state index in [2.05, 4.69) is 0 Å². The van der Waals surface area contributed by atoms with Gasteiger partial charge in [-0.25, -0.2) is 0 Å². The minimum Gasteiger partial charge on any atom is -0.306 e. The summed E-state index contributed by atoms with van der Waals surface area (Å²) in [6, 6.07) is 0. The highest BCUT2D eigenvalue weighted by Gasteiger charge is 2.09. The first-order valence-electron chi connectivity index (χ1n) is 1.89. The molecule has 7 heavy (non-hydrogen) atoms. The standard InChI is InChI=1S/C3H9ClNOP/c1-5(4)7(2,3)6/h1-3H3. The zero-order chi connectivity index (χ0) is 6.08. The summed E-state index contributed by atoms with van der Waals surface area (Å²) in [6.07, 6.45) is 0. The highest BCUT2D eigenvalue weighted by molar-refractivity contribution is 7.61. The third-order valence-corrected chi connectivity index (χ3v) is 3.08. The summed E-state index contributed by atoms with van der Waals surface area (Å²) >= 11 is 5.32. The second kappa shape index (κ2) is 2.17. The first-order valence-corrected chi connectivity index (χ1v) is 4.79. The molecule has 0 atom stereocenters. The third-order valence-electron chi connectivity index (χ3n) is 0.664. The largest absolute Gasteiger partial charge is 0.306 e. The maximum absolute atomic E-state index is 10.7. The SMILES string of the molecule is CN(Cl)P(C)(C)=O. The lowest BCUT2D eigenvalue weighted by Crippen LogP contribution is -1.96. The highest BCUT2D eigenvalue weighted by atomic mass is 35.5. The average molecular weight is 142 g/mol. The molecule has 0 bridgehead atoms. The molecule has 0 heterocycles. The van der Waals surface area contributed by atoms with E-state index < -0.39 is 7.29 Å². The summed E-state index contributed by atoms with van der Waals surface area (Å²) in [5, 5.41) is 0. The summed E-state index contributed by atoms with van der Waals surface area (Å²) in [5.74, 6) is 0. The second-order valence-corrected chi connectivity index (χ2v) is 5.67. The molecule has 0 amide bonds. The van der Waals surface area contributed by atoms with Crippen molar-refractivity contribution in [1.82, 2.24) is 4.19 Å². The molecule has 0 N–H and O–H groups in total. The highest BCUT2D eigenvalue weighted by Crippen LogP contribution is 2.40. The second-order valence-electron chi connectivity index (χ2n) is 1.74. The van der Waals surface area contributed by atoms with Gasteiger partial charge in [-0.2, -0.15) is 4.19 Å². The zero-order valence-corrected chi connectivity index (χ0v) is 6.33. The van der Waals surface area contributed by atoms with E-state index in [0.29, 0.717) is 0 Å². The Morgan fingerprint density at radius 1 is 1.57 bits per heavy atom. The number of hydrogen-bond acceptors (Lipinski definition) is 1. The number of nitrogens with zero attached hydrogens (tertiary/aromatic N) is 1. The van der Waals surface area contributed by atoms with Crippen LogP contribution in [0.25, 0.3) is 0 Å². The maximum atomic E-state index is 10.7. The summed E-state index contributed by atoms with van der Waals surface area (Å²) in [5.41, 5.74) is 0. The molecule has 0 spiro atoms. The van der Waals surface area contributed by atoms with E-state index in [1.54, 1.807) is 20.4 Å². The van der Waals surface area contributed by atoms with Gasteiger partial charge in [0.15, 0.2) is 7.29 Å². The molecule has 2 nitrogen and oxygen atoms in total. The fraction of sp³-hybridized carbons (Fsp3) is 1.00. The predicted molar refractivity (Wildman–Crippen MR) is 33.1 cm³/mol. The predicted octanol–water partition coefficient (Wildman–Crippen LogP) is 1.61. The molecule has 0 saturated carbocycles. The van der Waals surface area contributed by atoms with E-state index in [9.17, 15) is 4.57 Å². The summed E-state index contributed by atoms with van der Waals surface area (Å²) in [4.78, 5) is 0. The quantitative estimate of drug-likeness (QED) is 0.409. The van der Waals surface area contributed by atoms with Crippen molar-refractivity contribution in [1.29, 1.82) is 0 Å². The molecule has 44 valence electrons. The molecule has 0 saturated heterocycles. The van der Waals surface area contributed by atoms with Crippen LogP contribution in [0.5, 0.6) is 0 Å². The molecule has 0 fully saturated rings. The minimum atomic E-state index is -2.14. The van der Waals surface area contributed by atoms with Crippen molar-refractivity contribution < 1.29 is 4.57 Å². The third kappa shape index (κ3) is 3.10. The maximum Gasteiger partial charge on any atom is 0.157 e. The van der Waals surface area contributed by atoms with Gasteiger partial charge < -0.3 is 4.57 Å². The van der Waals surface area contributed by atoms with Crippen LogP contribution in [0.2, 0.25) is 0 Å². The van der Waals surface area contributed by atoms with E-state index in [0.717, 1.165) is 0 Å². The van der Waals surface area contributed by atoms with Gasteiger partial charge >= 0.3 is 0 Å². The molecule has 0 aliphatic carbocycles. The lowest BCUT2D eigenvalue weighted by Gasteiger charge is -2.10. The van der Waals surface area contributed by atoms with Crippen molar-refractivity contribution in [3.05, 3.63) is 0 Å². The van der Waals surface area contributed by atoms with Crippen LogP contribution in [0, 0.1) is 0 Å². The Labute approximate surface area is 49.0 Å². The van der Waals surface area contributed by atoms with E-state index in [1.807, 2.05) is 0 Å². The van der Waals surface area contributed by atoms with Crippen LogP contribution >= 0.6 is 19.1 Å². The van der Waals surface area contributed by atoms with Crippen molar-refractivity contribution >= 4 is 19.1 Å². The average Bonchev–Trinajstić information content (AvgIpc) is 1.31. The van der Waals surface area contributed by atoms with Gasteiger partial charge in [-0.1, -0.05) is 0 Å². The molecule has 0 aliphatic heterocycles. The van der Waals surface area contributed by atoms with E-state index >= 15 is 0 Å². The fourth-order valence-electron chi connectivity index (χ4n) is 0. The molecular formula is C3H9ClNOP. The van der Waals surface area contributed by atoms with Crippen molar-refractivity contribution in [3.8, 4) is 0 Å². The first-order chi connectivity index (χ1) is 2.94. The number of halogens is 1. The van der Waals surface area contributed by atoms with Crippen molar-refractivity contribution in [2.24, 2.45) is 0 Å². The van der Waals surface area contributed by atoms with Crippen LogP contribution in [-0.4, -0.2) is 24.6 Å². The van der Waals surface area contributed by atoms with E-state index in [1.165, 1.54) is 4.19 Å². The molecule has 0 unspecified atom stereocenters. The molecule has 0 aromatic rings. The molecule has 0 radical (unpaired) electrons. The Morgan fingerprint density at radius 2 is 1.71 bits per heavy atom. The van der Waals surface area contributed by atoms with Gasteiger partial charge in [-0.05, 0) is 11.8 Å². The van der Waals surface area contributed by atoms with E-state index in [4.69, 9.17) is 11.8 Å². The lowest BCUT2D eigenvalue weighted by molar-refractivity contribution is 0.558. The van der Waals surface area contributed by atoms with Crippen molar-refractivity contribution in [3.63, 3.8) is 0 Å². The summed E-state index contributed by atoms with van der Waals surface area (Å²) in [7, 11) is -0.553. The fourth-order valence-corrected chi connectivity index (χ4v) is 0. The summed E-state index contributed by atoms with van der Waals surface area (Å²) in [6.45, 7) is 3.22. The topological polar surface area (TPSA) is 20.3 Å². The minimum absolute atomic E-state index is 1.22. The molecule has 0 rings (SSSR count).